The Labute approximate surface area is 127 Å². The summed E-state index contributed by atoms with van der Waals surface area (Å²) in [5.41, 5.74) is 3.55. The molecule has 2 aromatic carbocycles. The fourth-order valence-corrected chi connectivity index (χ4v) is 2.56. The molecule has 0 heterocycles. The van der Waals surface area contributed by atoms with Crippen molar-refractivity contribution in [3.05, 3.63) is 64.7 Å². The molecule has 1 atom stereocenters. The summed E-state index contributed by atoms with van der Waals surface area (Å²) in [6, 6.07) is 16.9. The summed E-state index contributed by atoms with van der Waals surface area (Å²) in [4.78, 5) is 0. The summed E-state index contributed by atoms with van der Waals surface area (Å²) in [6.07, 6.45) is 1.09. The van der Waals surface area contributed by atoms with Gasteiger partial charge in [0.15, 0.2) is 0 Å². The van der Waals surface area contributed by atoms with Gasteiger partial charge in [-0.05, 0) is 42.5 Å². The maximum Gasteiger partial charge on any atom is 0.0516 e. The van der Waals surface area contributed by atoms with Gasteiger partial charge in [0.1, 0.15) is 0 Å². The molecule has 1 unspecified atom stereocenters. The summed E-state index contributed by atoms with van der Waals surface area (Å²) in [7, 11) is 0. The van der Waals surface area contributed by atoms with Crippen LogP contribution < -0.4 is 5.32 Å². The normalized spacial score (nSPS) is 12.4. The smallest absolute Gasteiger partial charge is 0.0516 e. The molecule has 0 aliphatic rings. The maximum atomic E-state index is 6.21. The van der Waals surface area contributed by atoms with E-state index in [-0.39, 0.29) is 0 Å². The molecule has 106 valence electrons. The second kappa shape index (κ2) is 6.81. The number of benzene rings is 2. The second-order valence-corrected chi connectivity index (χ2v) is 6.06. The minimum Gasteiger partial charge on any atom is -0.378 e. The third-order valence-electron chi connectivity index (χ3n) is 3.51. The number of anilines is 1. The van der Waals surface area contributed by atoms with E-state index in [1.54, 1.807) is 0 Å². The Hall–Kier alpha value is -1.47. The van der Waals surface area contributed by atoms with Gasteiger partial charge in [-0.1, -0.05) is 61.8 Å². The lowest BCUT2D eigenvalue weighted by Crippen LogP contribution is -2.14. The predicted octanol–water partition coefficient (Wildman–Crippen LogP) is 5.85. The molecular weight excluding hydrogens is 266 g/mol. The summed E-state index contributed by atoms with van der Waals surface area (Å²) in [6.45, 7) is 6.56. The van der Waals surface area contributed by atoms with Gasteiger partial charge in [-0.3, -0.25) is 0 Å². The highest BCUT2D eigenvalue weighted by Crippen LogP contribution is 2.30. The third kappa shape index (κ3) is 3.77. The van der Waals surface area contributed by atoms with Crippen LogP contribution in [0.1, 0.15) is 37.4 Å². The molecule has 0 radical (unpaired) electrons. The van der Waals surface area contributed by atoms with Crippen LogP contribution in [-0.4, -0.2) is 0 Å². The highest BCUT2D eigenvalue weighted by Gasteiger charge is 2.14. The van der Waals surface area contributed by atoms with E-state index in [9.17, 15) is 0 Å². The van der Waals surface area contributed by atoms with Gasteiger partial charge in [0.05, 0.1) is 6.04 Å². The summed E-state index contributed by atoms with van der Waals surface area (Å²) in [5, 5.41) is 4.46. The molecule has 0 aliphatic heterocycles. The fourth-order valence-electron chi connectivity index (χ4n) is 2.39. The van der Waals surface area contributed by atoms with Crippen molar-refractivity contribution in [3.8, 4) is 0 Å². The molecule has 2 heteroatoms. The van der Waals surface area contributed by atoms with Crippen LogP contribution in [-0.2, 0) is 0 Å². The van der Waals surface area contributed by atoms with Crippen molar-refractivity contribution in [1.82, 2.24) is 0 Å². The second-order valence-electron chi connectivity index (χ2n) is 5.65. The van der Waals surface area contributed by atoms with Crippen molar-refractivity contribution in [1.29, 1.82) is 0 Å². The van der Waals surface area contributed by atoms with Crippen LogP contribution in [0.25, 0.3) is 0 Å². The number of nitrogens with one attached hydrogen (secondary N) is 1. The fraction of sp³-hybridized carbons (Fsp3) is 0.333. The Bertz CT molecular complexity index is 549. The topological polar surface area (TPSA) is 12.0 Å². The molecule has 0 bridgehead atoms. The van der Waals surface area contributed by atoms with Crippen molar-refractivity contribution in [3.63, 3.8) is 0 Å². The first-order chi connectivity index (χ1) is 9.58. The SMILES string of the molecule is Cc1c(Cl)cccc1NC(CC(C)C)c1ccccc1. The summed E-state index contributed by atoms with van der Waals surface area (Å²) in [5.74, 6) is 0.632. The standard InChI is InChI=1S/C18H22ClN/c1-13(2)12-18(15-8-5-4-6-9-15)20-17-11-7-10-16(19)14(17)3/h4-11,13,18,20H,12H2,1-3H3. The number of halogens is 1. The van der Waals surface area contributed by atoms with Crippen LogP contribution in [0.15, 0.2) is 48.5 Å². The molecule has 1 nitrogen and oxygen atoms in total. The first kappa shape index (κ1) is 14.9. The molecule has 0 saturated heterocycles. The van der Waals surface area contributed by atoms with Crippen LogP contribution in [0.5, 0.6) is 0 Å². The number of hydrogen-bond donors (Lipinski definition) is 1. The van der Waals surface area contributed by atoms with Crippen molar-refractivity contribution in [2.45, 2.75) is 33.2 Å². The van der Waals surface area contributed by atoms with Crippen LogP contribution in [0, 0.1) is 12.8 Å². The highest BCUT2D eigenvalue weighted by molar-refractivity contribution is 6.31. The van der Waals surface area contributed by atoms with E-state index in [0.29, 0.717) is 12.0 Å². The van der Waals surface area contributed by atoms with Gasteiger partial charge in [0, 0.05) is 10.7 Å². The molecule has 20 heavy (non-hydrogen) atoms. The van der Waals surface area contributed by atoms with Crippen LogP contribution in [0.4, 0.5) is 5.69 Å². The highest BCUT2D eigenvalue weighted by atomic mass is 35.5. The molecule has 2 aromatic rings. The van der Waals surface area contributed by atoms with Crippen LogP contribution in [0.3, 0.4) is 0 Å². The van der Waals surface area contributed by atoms with E-state index in [1.165, 1.54) is 5.56 Å². The third-order valence-corrected chi connectivity index (χ3v) is 3.92. The summed E-state index contributed by atoms with van der Waals surface area (Å²) < 4.78 is 0. The van der Waals surface area contributed by atoms with Gasteiger partial charge >= 0.3 is 0 Å². The molecule has 0 saturated carbocycles. The van der Waals surface area contributed by atoms with E-state index < -0.39 is 0 Å². The number of rotatable bonds is 5. The first-order valence-electron chi connectivity index (χ1n) is 7.14. The van der Waals surface area contributed by atoms with Gasteiger partial charge in [-0.2, -0.15) is 0 Å². The average molecular weight is 288 g/mol. The zero-order valence-electron chi connectivity index (χ0n) is 12.4. The van der Waals surface area contributed by atoms with Gasteiger partial charge in [0.25, 0.3) is 0 Å². The van der Waals surface area contributed by atoms with E-state index >= 15 is 0 Å². The van der Waals surface area contributed by atoms with Crippen molar-refractivity contribution >= 4 is 17.3 Å². The quantitative estimate of drug-likeness (QED) is 0.727. The van der Waals surface area contributed by atoms with E-state index in [4.69, 9.17) is 11.6 Å². The number of hydrogen-bond acceptors (Lipinski definition) is 1. The maximum absolute atomic E-state index is 6.21. The Kier molecular flexibility index (Phi) is 5.08. The largest absolute Gasteiger partial charge is 0.378 e. The first-order valence-corrected chi connectivity index (χ1v) is 7.52. The molecule has 0 spiro atoms. The van der Waals surface area contributed by atoms with Gasteiger partial charge in [-0.25, -0.2) is 0 Å². The molecule has 0 aromatic heterocycles. The summed E-state index contributed by atoms with van der Waals surface area (Å²) >= 11 is 6.21. The monoisotopic (exact) mass is 287 g/mol. The Morgan fingerprint density at radius 2 is 1.70 bits per heavy atom. The zero-order valence-corrected chi connectivity index (χ0v) is 13.1. The molecule has 0 amide bonds. The van der Waals surface area contributed by atoms with Gasteiger partial charge in [0.2, 0.25) is 0 Å². The minimum atomic E-state index is 0.313. The zero-order chi connectivity index (χ0) is 14.5. The Morgan fingerprint density at radius 1 is 1.00 bits per heavy atom. The van der Waals surface area contributed by atoms with Crippen molar-refractivity contribution < 1.29 is 0 Å². The van der Waals surface area contributed by atoms with Gasteiger partial charge < -0.3 is 5.32 Å². The molecule has 0 aliphatic carbocycles. The molecule has 2 rings (SSSR count). The van der Waals surface area contributed by atoms with Crippen molar-refractivity contribution in [2.24, 2.45) is 5.92 Å². The Balaban J connectivity index is 2.26. The van der Waals surface area contributed by atoms with Crippen LogP contribution in [0.2, 0.25) is 5.02 Å². The predicted molar refractivity (Wildman–Crippen MR) is 88.4 cm³/mol. The molecule has 1 N–H and O–H groups in total. The lowest BCUT2D eigenvalue weighted by atomic mass is 9.96. The lowest BCUT2D eigenvalue weighted by Gasteiger charge is -2.23. The molecule has 0 fully saturated rings. The van der Waals surface area contributed by atoms with Gasteiger partial charge in [-0.15, -0.1) is 0 Å². The Morgan fingerprint density at radius 3 is 2.35 bits per heavy atom. The van der Waals surface area contributed by atoms with E-state index in [2.05, 4.69) is 62.5 Å². The van der Waals surface area contributed by atoms with Crippen LogP contribution >= 0.6 is 11.6 Å². The minimum absolute atomic E-state index is 0.313. The van der Waals surface area contributed by atoms with E-state index in [1.807, 2.05) is 12.1 Å². The molecular formula is C18H22ClN. The average Bonchev–Trinajstić information content (AvgIpc) is 2.43. The van der Waals surface area contributed by atoms with Crippen molar-refractivity contribution in [2.75, 3.05) is 5.32 Å². The lowest BCUT2D eigenvalue weighted by molar-refractivity contribution is 0.531. The van der Waals surface area contributed by atoms with E-state index in [0.717, 1.165) is 22.7 Å².